The van der Waals surface area contributed by atoms with E-state index in [1.807, 2.05) is 6.07 Å². The molecule has 0 heterocycles. The Hall–Kier alpha value is -3.14. The van der Waals surface area contributed by atoms with Crippen LogP contribution < -0.4 is 14.8 Å². The van der Waals surface area contributed by atoms with Gasteiger partial charge in [0, 0.05) is 17.8 Å². The number of nitrogens with one attached hydrogen (secondary N) is 1. The molecule has 0 aliphatic rings. The summed E-state index contributed by atoms with van der Waals surface area (Å²) in [6.07, 6.45) is -0.931. The first-order valence-corrected chi connectivity index (χ1v) is 6.95. The Kier molecular flexibility index (Phi) is 5.32. The van der Waals surface area contributed by atoms with Crippen LogP contribution in [-0.2, 0) is 4.79 Å². The number of hydrogen-bond donors (Lipinski definition) is 1. The van der Waals surface area contributed by atoms with Crippen LogP contribution >= 0.6 is 0 Å². The molecule has 0 saturated carbocycles. The molecule has 0 aliphatic carbocycles. The van der Waals surface area contributed by atoms with Gasteiger partial charge in [0.2, 0.25) is 0 Å². The summed E-state index contributed by atoms with van der Waals surface area (Å²) in [7, 11) is 1.41. The Morgan fingerprint density at radius 2 is 1.92 bits per heavy atom. The number of benzene rings is 2. The minimum atomic E-state index is -1.06. The van der Waals surface area contributed by atoms with Gasteiger partial charge in [-0.3, -0.25) is 4.79 Å². The second kappa shape index (κ2) is 7.42. The summed E-state index contributed by atoms with van der Waals surface area (Å²) in [5.74, 6) is -2.02. The highest BCUT2D eigenvalue weighted by Gasteiger charge is 2.18. The van der Waals surface area contributed by atoms with E-state index in [2.05, 4.69) is 5.32 Å². The fourth-order valence-electron chi connectivity index (χ4n) is 1.90. The largest absolute Gasteiger partial charge is 0.493 e. The Morgan fingerprint density at radius 1 is 1.17 bits per heavy atom. The predicted octanol–water partition coefficient (Wildman–Crippen LogP) is 3.25. The summed E-state index contributed by atoms with van der Waals surface area (Å²) in [6, 6.07) is 9.52. The third-order valence-corrected chi connectivity index (χ3v) is 3.15. The number of nitrogens with zero attached hydrogens (tertiary/aromatic N) is 1. The molecule has 0 fully saturated rings. The molecular weight excluding hydrogens is 318 g/mol. The van der Waals surface area contributed by atoms with Gasteiger partial charge in [-0.25, -0.2) is 8.78 Å². The number of rotatable bonds is 5. The van der Waals surface area contributed by atoms with Gasteiger partial charge in [0.1, 0.15) is 0 Å². The zero-order valence-corrected chi connectivity index (χ0v) is 13.0. The maximum atomic E-state index is 13.1. The lowest BCUT2D eigenvalue weighted by molar-refractivity contribution is -0.122. The van der Waals surface area contributed by atoms with Crippen molar-refractivity contribution in [1.82, 2.24) is 0 Å². The standard InChI is InChI=1S/C17H14F2N2O3/c1-10(17(22)21-12-4-5-13(18)14(19)8-12)24-15-6-3-11(9-20)7-16(15)23-2/h3-8,10H,1-2H3,(H,21,22). The van der Waals surface area contributed by atoms with Gasteiger partial charge in [0.15, 0.2) is 29.2 Å². The lowest BCUT2D eigenvalue weighted by atomic mass is 10.2. The van der Waals surface area contributed by atoms with Gasteiger partial charge >= 0.3 is 0 Å². The molecule has 0 aliphatic heterocycles. The molecule has 1 N–H and O–H groups in total. The van der Waals surface area contributed by atoms with Crippen LogP contribution in [0.1, 0.15) is 12.5 Å². The van der Waals surface area contributed by atoms with Crippen molar-refractivity contribution in [1.29, 1.82) is 5.26 Å². The van der Waals surface area contributed by atoms with E-state index in [-0.39, 0.29) is 11.4 Å². The molecule has 1 amide bonds. The van der Waals surface area contributed by atoms with Crippen molar-refractivity contribution in [2.45, 2.75) is 13.0 Å². The summed E-state index contributed by atoms with van der Waals surface area (Å²) in [5, 5.41) is 11.3. The van der Waals surface area contributed by atoms with E-state index in [1.165, 1.54) is 38.3 Å². The summed E-state index contributed by atoms with van der Waals surface area (Å²) in [5.41, 5.74) is 0.499. The van der Waals surface area contributed by atoms with E-state index in [0.29, 0.717) is 11.3 Å². The molecule has 1 atom stereocenters. The summed E-state index contributed by atoms with van der Waals surface area (Å²) >= 11 is 0. The van der Waals surface area contributed by atoms with Gasteiger partial charge in [-0.15, -0.1) is 0 Å². The van der Waals surface area contributed by atoms with Crippen LogP contribution in [0.5, 0.6) is 11.5 Å². The van der Waals surface area contributed by atoms with Crippen LogP contribution in [0.2, 0.25) is 0 Å². The highest BCUT2D eigenvalue weighted by atomic mass is 19.2. The number of nitriles is 1. The normalized spacial score (nSPS) is 11.3. The zero-order valence-electron chi connectivity index (χ0n) is 13.0. The highest BCUT2D eigenvalue weighted by molar-refractivity contribution is 5.94. The topological polar surface area (TPSA) is 71.3 Å². The van der Waals surface area contributed by atoms with Crippen LogP contribution in [0.4, 0.5) is 14.5 Å². The number of amides is 1. The number of ether oxygens (including phenoxy) is 2. The first kappa shape index (κ1) is 17.2. The van der Waals surface area contributed by atoms with Crippen molar-refractivity contribution >= 4 is 11.6 Å². The summed E-state index contributed by atoms with van der Waals surface area (Å²) < 4.78 is 36.7. The smallest absolute Gasteiger partial charge is 0.265 e. The molecule has 0 radical (unpaired) electrons. The van der Waals surface area contributed by atoms with E-state index in [1.54, 1.807) is 0 Å². The van der Waals surface area contributed by atoms with Crippen LogP contribution in [0.3, 0.4) is 0 Å². The Bertz CT molecular complexity index is 803. The number of hydrogen-bond acceptors (Lipinski definition) is 4. The molecule has 0 bridgehead atoms. The lowest BCUT2D eigenvalue weighted by Crippen LogP contribution is -2.30. The molecule has 124 valence electrons. The molecule has 5 nitrogen and oxygen atoms in total. The van der Waals surface area contributed by atoms with Crippen LogP contribution in [0.25, 0.3) is 0 Å². The monoisotopic (exact) mass is 332 g/mol. The summed E-state index contributed by atoms with van der Waals surface area (Å²) in [6.45, 7) is 1.49. The average molecular weight is 332 g/mol. The second-order valence-corrected chi connectivity index (χ2v) is 4.86. The van der Waals surface area contributed by atoms with Gasteiger partial charge in [-0.1, -0.05) is 0 Å². The number of halogens is 2. The van der Waals surface area contributed by atoms with Crippen molar-refractivity contribution < 1.29 is 23.0 Å². The Morgan fingerprint density at radius 3 is 2.54 bits per heavy atom. The molecule has 7 heteroatoms. The fraction of sp³-hybridized carbons (Fsp3) is 0.176. The summed E-state index contributed by atoms with van der Waals surface area (Å²) in [4.78, 5) is 12.1. The number of carbonyl (C=O) groups is 1. The van der Waals surface area contributed by atoms with Gasteiger partial charge in [-0.05, 0) is 31.2 Å². The highest BCUT2D eigenvalue weighted by Crippen LogP contribution is 2.29. The van der Waals surface area contributed by atoms with Crippen LogP contribution in [0, 0.1) is 23.0 Å². The molecule has 2 aromatic carbocycles. The zero-order chi connectivity index (χ0) is 17.7. The van der Waals surface area contributed by atoms with Crippen molar-refractivity contribution in [3.63, 3.8) is 0 Å². The number of carbonyl (C=O) groups excluding carboxylic acids is 1. The van der Waals surface area contributed by atoms with Crippen molar-refractivity contribution in [3.05, 3.63) is 53.6 Å². The van der Waals surface area contributed by atoms with Gasteiger partial charge < -0.3 is 14.8 Å². The molecule has 0 saturated heterocycles. The minimum absolute atomic E-state index is 0.112. The van der Waals surface area contributed by atoms with Gasteiger partial charge in [0.25, 0.3) is 5.91 Å². The molecule has 24 heavy (non-hydrogen) atoms. The molecule has 2 rings (SSSR count). The minimum Gasteiger partial charge on any atom is -0.493 e. The van der Waals surface area contributed by atoms with Gasteiger partial charge in [0.05, 0.1) is 18.7 Å². The predicted molar refractivity (Wildman–Crippen MR) is 82.8 cm³/mol. The number of methoxy groups -OCH3 is 1. The molecule has 0 spiro atoms. The van der Waals surface area contributed by atoms with Gasteiger partial charge in [-0.2, -0.15) is 5.26 Å². The SMILES string of the molecule is COc1cc(C#N)ccc1OC(C)C(=O)Nc1ccc(F)c(F)c1. The van der Waals surface area contributed by atoms with E-state index in [9.17, 15) is 13.6 Å². The van der Waals surface area contributed by atoms with E-state index < -0.39 is 23.6 Å². The van der Waals surface area contributed by atoms with Crippen LogP contribution in [0.15, 0.2) is 36.4 Å². The maximum absolute atomic E-state index is 13.1. The molecule has 2 aromatic rings. The first-order valence-electron chi connectivity index (χ1n) is 6.95. The maximum Gasteiger partial charge on any atom is 0.265 e. The molecular formula is C17H14F2N2O3. The van der Waals surface area contributed by atoms with E-state index >= 15 is 0 Å². The first-order chi connectivity index (χ1) is 11.4. The van der Waals surface area contributed by atoms with E-state index in [4.69, 9.17) is 14.7 Å². The third kappa shape index (κ3) is 3.98. The Labute approximate surface area is 137 Å². The Balaban J connectivity index is 2.09. The second-order valence-electron chi connectivity index (χ2n) is 4.86. The molecule has 0 aromatic heterocycles. The quantitative estimate of drug-likeness (QED) is 0.912. The van der Waals surface area contributed by atoms with Crippen molar-refractivity contribution in [2.24, 2.45) is 0 Å². The average Bonchev–Trinajstić information content (AvgIpc) is 2.58. The fourth-order valence-corrected chi connectivity index (χ4v) is 1.90. The van der Waals surface area contributed by atoms with Crippen molar-refractivity contribution in [3.8, 4) is 17.6 Å². The third-order valence-electron chi connectivity index (χ3n) is 3.15. The number of anilines is 1. The van der Waals surface area contributed by atoms with Crippen LogP contribution in [-0.4, -0.2) is 19.1 Å². The molecule has 1 unspecified atom stereocenters. The lowest BCUT2D eigenvalue weighted by Gasteiger charge is -2.17. The van der Waals surface area contributed by atoms with E-state index in [0.717, 1.165) is 12.1 Å². The van der Waals surface area contributed by atoms with Crippen molar-refractivity contribution in [2.75, 3.05) is 12.4 Å².